The maximum Gasteiger partial charge on any atom is 0.416 e. The zero-order valence-electron chi connectivity index (χ0n) is 51.3. The van der Waals surface area contributed by atoms with E-state index in [1.165, 1.54) is 97.8 Å². The maximum atomic E-state index is 14.4. The minimum absolute atomic E-state index is 0.0110. The molecule has 4 aromatic carbocycles. The first kappa shape index (κ1) is 68.5. The normalized spacial score (nSPS) is 27.0. The lowest BCUT2D eigenvalue weighted by molar-refractivity contribution is -0.271. The van der Waals surface area contributed by atoms with E-state index < -0.39 is 134 Å². The van der Waals surface area contributed by atoms with E-state index in [4.69, 9.17) is 47.4 Å². The number of ether oxygens (including phenoxy) is 10. The zero-order valence-corrected chi connectivity index (χ0v) is 51.3. The van der Waals surface area contributed by atoms with E-state index in [0.717, 1.165) is 9.80 Å². The molecule has 32 heteroatoms. The molecular weight excluding hydrogens is 1260 g/mol. The van der Waals surface area contributed by atoms with E-state index in [1.807, 2.05) is 0 Å². The summed E-state index contributed by atoms with van der Waals surface area (Å²) >= 11 is 0. The second-order valence-corrected chi connectivity index (χ2v) is 23.1. The SMILES string of the molecule is C=C1C[C@H]2C(O)N(C(=O)OCc3ccc(O[C@@H]4O[C@H](C(=O)O)[C@@H](O)[C@H](O)[C@H]4O)cc3)c3cc(OCCCCCOc4cc5c(cc4OC)C(=O)N4CC(=C)C[C@H]4C(O)N5C(=O)OCc4ccc(O[C@@H]5O[C@H](C(=O)O)[C@@H](O)[C@H](O)[C@H]5O)c(C(=O)NC)c4)c(OC)cc3C(=O)N2C1. The van der Waals surface area contributed by atoms with Gasteiger partial charge in [-0.15, -0.1) is 0 Å². The van der Waals surface area contributed by atoms with Crippen molar-refractivity contribution < 1.29 is 132 Å². The molecule has 510 valence electrons. The lowest BCUT2D eigenvalue weighted by Crippen LogP contribution is -2.61. The van der Waals surface area contributed by atoms with Crippen molar-refractivity contribution in [2.75, 3.05) is 57.4 Å². The molecule has 95 heavy (non-hydrogen) atoms. The predicted molar refractivity (Wildman–Crippen MR) is 321 cm³/mol. The van der Waals surface area contributed by atoms with E-state index in [9.17, 15) is 84.6 Å². The second kappa shape index (κ2) is 28.7. The number of unbranched alkanes of at least 4 members (excludes halogenated alkanes) is 2. The standard InChI is InChI=1S/C63H71N5O27/c1-28-17-38-56(78)67(62(84)90-26-30-9-12-32(13-10-30)92-60-49(73)45(69)47(71)51(94-60)58(80)81)36-22-43(41(86-4)20-33(36)54(76)65(38)24-28)88-15-7-6-8-16-89-44-23-37-34(21-42(44)87-5)55(77)66-25-29(2)18-39(66)57(79)68(37)63(85)91-27-31-11-14-40(35(19-31)53(75)64-3)93-61-50(74)46(70)48(72)52(95-61)59(82)83/h9-14,19-23,38-39,45-52,56-57,60-61,69-74,78-79H,1-2,6-8,15-18,24-27H2,3-5H3,(H,64,75)(H,80,81)(H,82,83)/t38-,39-,45-,46-,47-,48-,49+,50+,51-,52-,56?,57?,60+,61+/m0/s1. The topological polar surface area (TPSA) is 439 Å². The molecule has 6 aliphatic heterocycles. The molecule has 0 spiro atoms. The van der Waals surface area contributed by atoms with Gasteiger partial charge in [0.1, 0.15) is 61.3 Å². The number of methoxy groups -OCH3 is 2. The Hall–Kier alpha value is -9.35. The Balaban J connectivity index is 0.796. The van der Waals surface area contributed by atoms with Gasteiger partial charge < -0.3 is 114 Å². The number of hydrogen-bond donors (Lipinski definition) is 11. The van der Waals surface area contributed by atoms with Crippen LogP contribution in [0.2, 0.25) is 0 Å². The van der Waals surface area contributed by atoms with Gasteiger partial charge in [-0.05, 0) is 79.6 Å². The van der Waals surface area contributed by atoms with Gasteiger partial charge in [-0.3, -0.25) is 14.4 Å². The molecule has 6 heterocycles. The Bertz CT molecular complexity index is 3630. The summed E-state index contributed by atoms with van der Waals surface area (Å²) in [7, 11) is 4.01. The molecule has 0 saturated carbocycles. The van der Waals surface area contributed by atoms with E-state index in [2.05, 4.69) is 18.5 Å². The number of fused-ring (bicyclic) bond motifs is 4. The first-order valence-electron chi connectivity index (χ1n) is 29.9. The molecule has 11 N–H and O–H groups in total. The first-order valence-corrected chi connectivity index (χ1v) is 29.9. The Morgan fingerprint density at radius 1 is 0.547 bits per heavy atom. The summed E-state index contributed by atoms with van der Waals surface area (Å²) in [6, 6.07) is 13.3. The number of hydrogen-bond acceptors (Lipinski definition) is 25. The van der Waals surface area contributed by atoms with E-state index >= 15 is 0 Å². The van der Waals surface area contributed by atoms with Gasteiger partial charge in [-0.25, -0.2) is 29.0 Å². The predicted octanol–water partition coefficient (Wildman–Crippen LogP) is 0.725. The number of anilines is 2. The van der Waals surface area contributed by atoms with E-state index in [-0.39, 0.29) is 114 Å². The molecule has 6 aliphatic rings. The monoisotopic (exact) mass is 1330 g/mol. The number of aliphatic carboxylic acids is 2. The fourth-order valence-corrected chi connectivity index (χ4v) is 11.8. The number of carbonyl (C=O) groups is 7. The van der Waals surface area contributed by atoms with E-state index in [0.29, 0.717) is 36.0 Å². The van der Waals surface area contributed by atoms with Gasteiger partial charge in [-0.1, -0.05) is 42.5 Å². The summed E-state index contributed by atoms with van der Waals surface area (Å²) in [5.74, 6) is -4.84. The average Bonchev–Trinajstić information content (AvgIpc) is 1.63. The van der Waals surface area contributed by atoms with Gasteiger partial charge in [0.15, 0.2) is 47.7 Å². The van der Waals surface area contributed by atoms with Crippen molar-refractivity contribution in [3.05, 3.63) is 119 Å². The number of carboxylic acids is 2. The highest BCUT2D eigenvalue weighted by atomic mass is 16.7. The highest BCUT2D eigenvalue weighted by molar-refractivity contribution is 6.07. The summed E-state index contributed by atoms with van der Waals surface area (Å²) in [5, 5.41) is 107. The smallest absolute Gasteiger partial charge is 0.416 e. The summed E-state index contributed by atoms with van der Waals surface area (Å²) in [4.78, 5) is 98.2. The maximum absolute atomic E-state index is 14.4. The fourth-order valence-electron chi connectivity index (χ4n) is 11.8. The Morgan fingerprint density at radius 2 is 0.989 bits per heavy atom. The van der Waals surface area contributed by atoms with Gasteiger partial charge in [0.25, 0.3) is 17.7 Å². The first-order chi connectivity index (χ1) is 45.3. The number of carboxylic acid groups (broad SMARTS) is 2. The lowest BCUT2D eigenvalue weighted by Gasteiger charge is -2.38. The highest BCUT2D eigenvalue weighted by Gasteiger charge is 2.52. The number of aliphatic hydroxyl groups is 8. The Labute approximate surface area is 540 Å². The number of rotatable bonds is 21. The largest absolute Gasteiger partial charge is 0.493 e. The Kier molecular flexibility index (Phi) is 20.7. The van der Waals surface area contributed by atoms with Crippen molar-refractivity contribution in [1.29, 1.82) is 0 Å². The summed E-state index contributed by atoms with van der Waals surface area (Å²) in [6.45, 7) is 7.40. The molecule has 0 bridgehead atoms. The van der Waals surface area contributed by atoms with Crippen LogP contribution in [0.3, 0.4) is 0 Å². The third-order valence-corrected chi connectivity index (χ3v) is 16.8. The molecule has 4 saturated heterocycles. The van der Waals surface area contributed by atoms with Crippen LogP contribution in [0.4, 0.5) is 21.0 Å². The summed E-state index contributed by atoms with van der Waals surface area (Å²) in [5.41, 5.74) is 1.43. The molecule has 14 atom stereocenters. The fraction of sp³-hybridized carbons (Fsp3) is 0.444. The van der Waals surface area contributed by atoms with Crippen molar-refractivity contribution in [2.45, 2.75) is 131 Å². The molecule has 0 aliphatic carbocycles. The molecule has 4 fully saturated rings. The zero-order chi connectivity index (χ0) is 68.4. The number of nitrogens with zero attached hydrogens (tertiary/aromatic N) is 4. The molecule has 0 radical (unpaired) electrons. The van der Waals surface area contributed by atoms with Gasteiger partial charge in [0, 0.05) is 32.3 Å². The van der Waals surface area contributed by atoms with Crippen LogP contribution >= 0.6 is 0 Å². The van der Waals surface area contributed by atoms with Crippen LogP contribution in [0, 0.1) is 0 Å². The number of nitrogens with one attached hydrogen (secondary N) is 1. The van der Waals surface area contributed by atoms with Gasteiger partial charge in [0.2, 0.25) is 12.6 Å². The van der Waals surface area contributed by atoms with Crippen molar-refractivity contribution in [3.63, 3.8) is 0 Å². The second-order valence-electron chi connectivity index (χ2n) is 23.1. The molecule has 0 aromatic heterocycles. The summed E-state index contributed by atoms with van der Waals surface area (Å²) < 4.78 is 56.9. The summed E-state index contributed by atoms with van der Waals surface area (Å²) in [6.07, 6.45) is -22.9. The van der Waals surface area contributed by atoms with Crippen molar-refractivity contribution in [3.8, 4) is 34.5 Å². The third-order valence-electron chi connectivity index (χ3n) is 16.8. The lowest BCUT2D eigenvalue weighted by atomic mass is 9.99. The van der Waals surface area contributed by atoms with Gasteiger partial charge >= 0.3 is 24.1 Å². The average molecular weight is 1330 g/mol. The minimum atomic E-state index is -2.01. The van der Waals surface area contributed by atoms with Crippen LogP contribution in [0.1, 0.15) is 74.3 Å². The van der Waals surface area contributed by atoms with Crippen LogP contribution in [0.25, 0.3) is 0 Å². The number of aliphatic hydroxyl groups excluding tert-OH is 8. The molecule has 5 amide bonds. The highest BCUT2D eigenvalue weighted by Crippen LogP contribution is 2.45. The van der Waals surface area contributed by atoms with Crippen LogP contribution in [-0.4, -0.2) is 236 Å². The molecule has 4 aromatic rings. The number of benzene rings is 4. The molecule has 32 nitrogen and oxygen atoms in total. The van der Waals surface area contributed by atoms with Crippen LogP contribution < -0.4 is 43.5 Å². The molecule has 10 rings (SSSR count). The van der Waals surface area contributed by atoms with Gasteiger partial charge in [-0.2, -0.15) is 0 Å². The quantitative estimate of drug-likeness (QED) is 0.0404. The van der Waals surface area contributed by atoms with Crippen molar-refractivity contribution in [1.82, 2.24) is 15.1 Å². The number of carbonyl (C=O) groups excluding carboxylic acids is 5. The van der Waals surface area contributed by atoms with Crippen molar-refractivity contribution in [2.24, 2.45) is 0 Å². The molecular formula is C63H71N5O27. The van der Waals surface area contributed by atoms with Crippen LogP contribution in [0.5, 0.6) is 34.5 Å². The third kappa shape index (κ3) is 13.9. The van der Waals surface area contributed by atoms with Crippen molar-refractivity contribution >= 4 is 53.2 Å². The molecule has 2 unspecified atom stereocenters. The van der Waals surface area contributed by atoms with Crippen LogP contribution in [0.15, 0.2) is 91.0 Å². The number of amides is 5. The Morgan fingerprint density at radius 3 is 1.43 bits per heavy atom. The van der Waals surface area contributed by atoms with Gasteiger partial charge in [0.05, 0.1) is 67.6 Å². The van der Waals surface area contributed by atoms with Crippen LogP contribution in [-0.2, 0) is 41.8 Å². The minimum Gasteiger partial charge on any atom is -0.493 e. The van der Waals surface area contributed by atoms with E-state index in [1.54, 1.807) is 0 Å².